The second-order valence-corrected chi connectivity index (χ2v) is 6.51. The Labute approximate surface area is 164 Å². The highest BCUT2D eigenvalue weighted by atomic mass is 16.1. The molecule has 0 spiro atoms. The molecule has 0 radical (unpaired) electrons. The van der Waals surface area contributed by atoms with Crippen molar-refractivity contribution in [3.05, 3.63) is 66.1 Å². The number of aromatic nitrogens is 5. The number of hydrogen-bond donors (Lipinski definition) is 3. The summed E-state index contributed by atoms with van der Waals surface area (Å²) in [5.74, 6) is 0.889. The van der Waals surface area contributed by atoms with Crippen LogP contribution in [0.25, 0.3) is 33.2 Å². The summed E-state index contributed by atoms with van der Waals surface area (Å²) < 4.78 is 0. The number of rotatable bonds is 4. The maximum absolute atomic E-state index is 11.0. The average Bonchev–Trinajstić information content (AvgIpc) is 3.39. The Morgan fingerprint density at radius 3 is 2.83 bits per heavy atom. The zero-order valence-corrected chi connectivity index (χ0v) is 15.0. The lowest BCUT2D eigenvalue weighted by molar-refractivity contribution is 0.112. The van der Waals surface area contributed by atoms with Gasteiger partial charge in [-0.05, 0) is 30.3 Å². The number of aldehydes is 1. The predicted octanol–water partition coefficient (Wildman–Crippen LogP) is 3.93. The SMILES string of the molecule is N#Cc1cnc(-c2ccc3cc(C=O)[nH]c3c2)nc1Nc1ccc2[nH]ncc2c1. The minimum atomic E-state index is 0.338. The number of hydrogen-bond acceptors (Lipinski definition) is 6. The fourth-order valence-electron chi connectivity index (χ4n) is 3.21. The van der Waals surface area contributed by atoms with E-state index >= 15 is 0 Å². The first-order valence-corrected chi connectivity index (χ1v) is 8.79. The first kappa shape index (κ1) is 16.6. The lowest BCUT2D eigenvalue weighted by atomic mass is 10.1. The Balaban J connectivity index is 1.55. The quantitative estimate of drug-likeness (QED) is 0.407. The van der Waals surface area contributed by atoms with E-state index in [1.165, 1.54) is 6.20 Å². The van der Waals surface area contributed by atoms with E-state index in [0.29, 0.717) is 22.9 Å². The third-order valence-electron chi connectivity index (χ3n) is 4.64. The van der Waals surface area contributed by atoms with Gasteiger partial charge < -0.3 is 10.3 Å². The van der Waals surface area contributed by atoms with Crippen molar-refractivity contribution in [1.82, 2.24) is 25.1 Å². The molecule has 0 aliphatic rings. The molecule has 0 fully saturated rings. The minimum Gasteiger partial charge on any atom is -0.352 e. The zero-order chi connectivity index (χ0) is 19.8. The van der Waals surface area contributed by atoms with E-state index in [9.17, 15) is 10.1 Å². The number of nitrogens with zero attached hydrogens (tertiary/aromatic N) is 4. The van der Waals surface area contributed by atoms with Crippen LogP contribution in [0.5, 0.6) is 0 Å². The van der Waals surface area contributed by atoms with Crippen molar-refractivity contribution in [1.29, 1.82) is 5.26 Å². The Bertz CT molecular complexity index is 1420. The Kier molecular flexibility index (Phi) is 3.78. The molecule has 5 aromatic rings. The minimum absolute atomic E-state index is 0.338. The summed E-state index contributed by atoms with van der Waals surface area (Å²) in [6, 6.07) is 15.3. The predicted molar refractivity (Wildman–Crippen MR) is 109 cm³/mol. The molecule has 3 N–H and O–H groups in total. The van der Waals surface area contributed by atoms with Crippen LogP contribution in [0.15, 0.2) is 54.9 Å². The van der Waals surface area contributed by atoms with Gasteiger partial charge in [-0.15, -0.1) is 0 Å². The van der Waals surface area contributed by atoms with Crippen molar-refractivity contribution in [2.45, 2.75) is 0 Å². The highest BCUT2D eigenvalue weighted by molar-refractivity contribution is 5.90. The number of fused-ring (bicyclic) bond motifs is 2. The largest absolute Gasteiger partial charge is 0.352 e. The molecule has 0 aliphatic carbocycles. The van der Waals surface area contributed by atoms with E-state index in [1.807, 2.05) is 36.4 Å². The normalized spacial score (nSPS) is 10.9. The second kappa shape index (κ2) is 6.58. The summed E-state index contributed by atoms with van der Waals surface area (Å²) in [7, 11) is 0. The van der Waals surface area contributed by atoms with Crippen LogP contribution >= 0.6 is 0 Å². The number of carbonyl (C=O) groups excluding carboxylic acids is 1. The molecule has 8 nitrogen and oxygen atoms in total. The van der Waals surface area contributed by atoms with Gasteiger partial charge in [-0.25, -0.2) is 9.97 Å². The summed E-state index contributed by atoms with van der Waals surface area (Å²) >= 11 is 0. The fraction of sp³-hybridized carbons (Fsp3) is 0. The van der Waals surface area contributed by atoms with E-state index in [1.54, 1.807) is 12.3 Å². The van der Waals surface area contributed by atoms with Gasteiger partial charge in [0.1, 0.15) is 11.6 Å². The molecule has 2 aromatic carbocycles. The lowest BCUT2D eigenvalue weighted by Crippen LogP contribution is -2.00. The van der Waals surface area contributed by atoms with Crippen molar-refractivity contribution < 1.29 is 4.79 Å². The topological polar surface area (TPSA) is 123 Å². The van der Waals surface area contributed by atoms with Crippen LogP contribution in [-0.2, 0) is 0 Å². The molecule has 138 valence electrons. The summed E-state index contributed by atoms with van der Waals surface area (Å²) in [5, 5.41) is 21.4. The number of nitrogens with one attached hydrogen (secondary N) is 3. The molecule has 5 rings (SSSR count). The van der Waals surface area contributed by atoms with Crippen LogP contribution in [0.3, 0.4) is 0 Å². The van der Waals surface area contributed by atoms with E-state index in [4.69, 9.17) is 0 Å². The van der Waals surface area contributed by atoms with E-state index in [0.717, 1.165) is 39.3 Å². The summed E-state index contributed by atoms with van der Waals surface area (Å²) in [5.41, 5.74) is 4.15. The van der Waals surface area contributed by atoms with Gasteiger partial charge in [-0.1, -0.05) is 12.1 Å². The maximum Gasteiger partial charge on any atom is 0.166 e. The molecule has 0 unspecified atom stereocenters. The van der Waals surface area contributed by atoms with Crippen LogP contribution < -0.4 is 5.32 Å². The number of anilines is 2. The van der Waals surface area contributed by atoms with Crippen LogP contribution in [0.2, 0.25) is 0 Å². The number of benzene rings is 2. The third kappa shape index (κ3) is 2.96. The molecule has 3 aromatic heterocycles. The van der Waals surface area contributed by atoms with Crippen molar-refractivity contribution in [2.24, 2.45) is 0 Å². The summed E-state index contributed by atoms with van der Waals surface area (Å²) in [6.07, 6.45) is 4.00. The van der Waals surface area contributed by atoms with Gasteiger partial charge >= 0.3 is 0 Å². The molecular weight excluding hydrogens is 366 g/mol. The number of carbonyl (C=O) groups is 1. The Morgan fingerprint density at radius 2 is 1.97 bits per heavy atom. The van der Waals surface area contributed by atoms with Gasteiger partial charge in [0.25, 0.3) is 0 Å². The number of nitriles is 1. The molecular formula is C21H13N7O. The molecule has 0 aliphatic heterocycles. The average molecular weight is 379 g/mol. The molecule has 0 saturated heterocycles. The lowest BCUT2D eigenvalue weighted by Gasteiger charge is -2.09. The highest BCUT2D eigenvalue weighted by Crippen LogP contribution is 2.26. The standard InChI is InChI=1S/C21H13N7O/c22-8-15-9-23-20(13-2-1-12-5-17(11-29)25-19(12)7-13)27-21(15)26-16-3-4-18-14(6-16)10-24-28-18/h1-7,9-11,25H,(H,24,28)(H,23,26,27). The summed E-state index contributed by atoms with van der Waals surface area (Å²) in [4.78, 5) is 22.9. The highest BCUT2D eigenvalue weighted by Gasteiger charge is 2.11. The zero-order valence-electron chi connectivity index (χ0n) is 15.0. The van der Waals surface area contributed by atoms with Gasteiger partial charge in [0.2, 0.25) is 0 Å². The van der Waals surface area contributed by atoms with E-state index in [-0.39, 0.29) is 0 Å². The third-order valence-corrected chi connectivity index (χ3v) is 4.64. The Hall–Kier alpha value is -4.51. The monoisotopic (exact) mass is 379 g/mol. The number of aromatic amines is 2. The fourth-order valence-corrected chi connectivity index (χ4v) is 3.21. The number of H-pyrrole nitrogens is 2. The van der Waals surface area contributed by atoms with Crippen LogP contribution in [-0.4, -0.2) is 31.4 Å². The van der Waals surface area contributed by atoms with Crippen molar-refractivity contribution in [3.8, 4) is 17.5 Å². The Morgan fingerprint density at radius 1 is 1.03 bits per heavy atom. The first-order chi connectivity index (χ1) is 14.2. The molecule has 3 heterocycles. The van der Waals surface area contributed by atoms with Crippen molar-refractivity contribution in [3.63, 3.8) is 0 Å². The molecule has 0 bridgehead atoms. The molecule has 0 saturated carbocycles. The van der Waals surface area contributed by atoms with Gasteiger partial charge in [0, 0.05) is 27.5 Å². The van der Waals surface area contributed by atoms with Crippen molar-refractivity contribution >= 4 is 39.6 Å². The van der Waals surface area contributed by atoms with Crippen LogP contribution in [0.1, 0.15) is 16.1 Å². The van der Waals surface area contributed by atoms with Crippen molar-refractivity contribution in [2.75, 3.05) is 5.32 Å². The molecule has 0 atom stereocenters. The molecule has 0 amide bonds. The molecule has 8 heteroatoms. The van der Waals surface area contributed by atoms with Crippen LogP contribution in [0, 0.1) is 11.3 Å². The molecule has 29 heavy (non-hydrogen) atoms. The smallest absolute Gasteiger partial charge is 0.166 e. The first-order valence-electron chi connectivity index (χ1n) is 8.79. The van der Waals surface area contributed by atoms with E-state index < -0.39 is 0 Å². The van der Waals surface area contributed by atoms with Gasteiger partial charge in [-0.3, -0.25) is 9.89 Å². The maximum atomic E-state index is 11.0. The van der Waals surface area contributed by atoms with Gasteiger partial charge in [0.05, 0.1) is 23.6 Å². The van der Waals surface area contributed by atoms with Gasteiger partial charge in [0.15, 0.2) is 17.9 Å². The second-order valence-electron chi connectivity index (χ2n) is 6.51. The van der Waals surface area contributed by atoms with Crippen LogP contribution in [0.4, 0.5) is 11.5 Å². The van der Waals surface area contributed by atoms with E-state index in [2.05, 4.69) is 36.5 Å². The van der Waals surface area contributed by atoms with Gasteiger partial charge in [-0.2, -0.15) is 10.4 Å². The summed E-state index contributed by atoms with van der Waals surface area (Å²) in [6.45, 7) is 0.